The van der Waals surface area contributed by atoms with E-state index in [1.807, 2.05) is 5.32 Å². The van der Waals surface area contributed by atoms with Gasteiger partial charge >= 0.3 is 6.18 Å². The number of anilines is 3. The van der Waals surface area contributed by atoms with Crippen LogP contribution >= 0.6 is 0 Å². The van der Waals surface area contributed by atoms with E-state index in [4.69, 9.17) is 19.2 Å². The van der Waals surface area contributed by atoms with Crippen LogP contribution in [0.2, 0.25) is 0 Å². The lowest BCUT2D eigenvalue weighted by atomic mass is 10.1. The Kier molecular flexibility index (Phi) is 3.63. The monoisotopic (exact) mass is 543 g/mol. The van der Waals surface area contributed by atoms with Crippen molar-refractivity contribution >= 4 is 23.2 Å². The van der Waals surface area contributed by atoms with Crippen LogP contribution in [0.1, 0.15) is 46.4 Å². The van der Waals surface area contributed by atoms with E-state index in [9.17, 15) is 18.0 Å². The second-order valence-corrected chi connectivity index (χ2v) is 7.57. The summed E-state index contributed by atoms with van der Waals surface area (Å²) in [7, 11) is 0. The molecule has 0 saturated carbocycles. The molecule has 2 N–H and O–H groups in total. The number of nitrogens with zero attached hydrogens (tertiary/aromatic N) is 5. The molecule has 0 spiro atoms. The Morgan fingerprint density at radius 2 is 1.97 bits per heavy atom. The van der Waals surface area contributed by atoms with Gasteiger partial charge in [-0.05, 0) is 67.7 Å². The largest absolute Gasteiger partial charge is 0.416 e. The number of aryl methyl sites for hydroxylation is 1. The summed E-state index contributed by atoms with van der Waals surface area (Å²) in [5.74, 6) is -2.01. The molecule has 11 heteroatoms. The first kappa shape index (κ1) is 13.7. The zero-order valence-electron chi connectivity index (χ0n) is 33.2. The normalized spacial score (nSPS) is 17.1. The summed E-state index contributed by atoms with van der Waals surface area (Å²) in [5, 5.41) is 4.30. The van der Waals surface area contributed by atoms with Gasteiger partial charge in [0.15, 0.2) is 0 Å². The number of rotatable bonds is 6. The van der Waals surface area contributed by atoms with Gasteiger partial charge in [-0.3, -0.25) is 9.78 Å². The van der Waals surface area contributed by atoms with Crippen molar-refractivity contribution in [3.63, 3.8) is 0 Å². The molecule has 0 atom stereocenters. The minimum absolute atomic E-state index is 0.136. The van der Waals surface area contributed by atoms with Gasteiger partial charge in [0, 0.05) is 61.2 Å². The lowest BCUT2D eigenvalue weighted by molar-refractivity contribution is -0.137. The van der Waals surface area contributed by atoms with Gasteiger partial charge in [-0.2, -0.15) is 13.2 Å². The number of amides is 1. The minimum Gasteiger partial charge on any atom is -0.324 e. The molecular formula is C28H22F3N7O. The van der Waals surface area contributed by atoms with Crippen LogP contribution in [0.3, 0.4) is 0 Å². The van der Waals surface area contributed by atoms with Crippen LogP contribution in [0.4, 0.5) is 30.5 Å². The van der Waals surface area contributed by atoms with Gasteiger partial charge in [0.25, 0.3) is 5.91 Å². The van der Waals surface area contributed by atoms with Gasteiger partial charge in [-0.15, -0.1) is 0 Å². The van der Waals surface area contributed by atoms with Gasteiger partial charge in [0.2, 0.25) is 5.95 Å². The maximum atomic E-state index is 14.3. The predicted molar refractivity (Wildman–Crippen MR) is 141 cm³/mol. The molecule has 3 aromatic heterocycles. The molecule has 0 aliphatic heterocycles. The molecule has 39 heavy (non-hydrogen) atoms. The third-order valence-electron chi connectivity index (χ3n) is 4.85. The number of aromatic nitrogens is 5. The average molecular weight is 544 g/mol. The Bertz CT molecular complexity index is 2280. The van der Waals surface area contributed by atoms with E-state index in [0.717, 1.165) is 0 Å². The highest BCUT2D eigenvalue weighted by atomic mass is 19.4. The third-order valence-corrected chi connectivity index (χ3v) is 4.85. The molecule has 0 saturated heterocycles. The number of imidazole rings is 1. The lowest BCUT2D eigenvalue weighted by Crippen LogP contribution is -2.14. The number of benzene rings is 2. The zero-order valence-corrected chi connectivity index (χ0v) is 19.2. The van der Waals surface area contributed by atoms with E-state index < -0.39 is 114 Å². The summed E-state index contributed by atoms with van der Waals surface area (Å²) in [6.07, 6.45) is -3.69. The molecule has 0 unspecified atom stereocenters. The van der Waals surface area contributed by atoms with Crippen molar-refractivity contribution < 1.29 is 37.2 Å². The molecular weight excluding hydrogens is 507 g/mol. The van der Waals surface area contributed by atoms with Crippen LogP contribution in [0.15, 0.2) is 85.5 Å². The Morgan fingerprint density at radius 1 is 1.08 bits per heavy atom. The zero-order chi connectivity index (χ0) is 39.5. The van der Waals surface area contributed by atoms with Gasteiger partial charge < -0.3 is 15.2 Å². The van der Waals surface area contributed by atoms with Crippen LogP contribution < -0.4 is 10.6 Å². The highest BCUT2D eigenvalue weighted by Crippen LogP contribution is 2.33. The molecule has 0 fully saturated rings. The first-order valence-corrected chi connectivity index (χ1v) is 10.7. The SMILES string of the molecule is [2H]c1c([2H])c(C([2H])([2H])[2H])c(Nc2nccc(-c3cccnc3)n2)c([2H])c1C(=O)Nc1c([2H])c(-n2c([2H])nc(C([2H])([2H])[2H])c2[2H])c([2H])c(C(F)(F)F)c1[2H]. The summed E-state index contributed by atoms with van der Waals surface area (Å²) < 4.78 is 157. The smallest absolute Gasteiger partial charge is 0.324 e. The van der Waals surface area contributed by atoms with Gasteiger partial charge in [-0.1, -0.05) is 6.04 Å². The fraction of sp³-hybridized carbons (Fsp3) is 0.107. The fourth-order valence-corrected chi connectivity index (χ4v) is 3.13. The molecule has 3 heterocycles. The summed E-state index contributed by atoms with van der Waals surface area (Å²) in [5.41, 5.74) is -7.72. The number of nitrogens with one attached hydrogen (secondary N) is 2. The van der Waals surface area contributed by atoms with Gasteiger partial charge in [0.05, 0.1) is 32.8 Å². The molecule has 0 aliphatic rings. The molecule has 2 aromatic carbocycles. The van der Waals surface area contributed by atoms with E-state index in [-0.39, 0.29) is 16.2 Å². The number of alkyl halides is 3. The third kappa shape index (κ3) is 5.93. The number of hydrogen-bond acceptors (Lipinski definition) is 6. The topological polar surface area (TPSA) is 97.6 Å². The van der Waals surface area contributed by atoms with Crippen molar-refractivity contribution in [1.29, 1.82) is 0 Å². The number of pyridine rings is 1. The summed E-state index contributed by atoms with van der Waals surface area (Å²) in [6, 6.07) is -3.24. The van der Waals surface area contributed by atoms with Crippen LogP contribution in [0.5, 0.6) is 0 Å². The summed E-state index contributed by atoms with van der Waals surface area (Å²) >= 11 is 0. The number of halogens is 3. The van der Waals surface area contributed by atoms with Crippen molar-refractivity contribution in [2.45, 2.75) is 19.9 Å². The Hall–Kier alpha value is -5.06. The quantitative estimate of drug-likeness (QED) is 0.259. The van der Waals surface area contributed by atoms with Crippen molar-refractivity contribution in [2.75, 3.05) is 10.6 Å². The van der Waals surface area contributed by atoms with Crippen LogP contribution in [0, 0.1) is 13.7 Å². The van der Waals surface area contributed by atoms with E-state index in [0.29, 0.717) is 5.56 Å². The van der Waals surface area contributed by atoms with E-state index in [1.54, 1.807) is 12.1 Å². The summed E-state index contributed by atoms with van der Waals surface area (Å²) in [4.78, 5) is 29.4. The molecule has 0 radical (unpaired) electrons. The van der Waals surface area contributed by atoms with E-state index >= 15 is 0 Å². The molecule has 0 aliphatic carbocycles. The second kappa shape index (κ2) is 10.4. The lowest BCUT2D eigenvalue weighted by Gasteiger charge is -2.14. The van der Waals surface area contributed by atoms with Gasteiger partial charge in [-0.25, -0.2) is 15.0 Å². The maximum absolute atomic E-state index is 14.3. The molecule has 0 bridgehead atoms. The van der Waals surface area contributed by atoms with Gasteiger partial charge in [0.1, 0.15) is 1.37 Å². The second-order valence-electron chi connectivity index (χ2n) is 7.57. The summed E-state index contributed by atoms with van der Waals surface area (Å²) in [6.45, 7) is -6.34. The van der Waals surface area contributed by atoms with Crippen molar-refractivity contribution in [2.24, 2.45) is 0 Å². The highest BCUT2D eigenvalue weighted by molar-refractivity contribution is 6.05. The van der Waals surface area contributed by atoms with Crippen LogP contribution in [0.25, 0.3) is 16.9 Å². The molecule has 8 nitrogen and oxygen atoms in total. The standard InChI is InChI=1S/C28H22F3N7O/c1-17-5-6-19(10-25(17)37-27-33-9-7-24(36-27)20-4-3-8-32-14-20)26(39)35-22-11-21(28(29,30)31)12-23(13-22)38-15-18(2)34-16-38/h3-16H,1-2H3,(H,35,39)(H,33,36,37)/i1D3,2D3,5D,6D,10D,11D,12D,13D,15D,16D. The number of carbonyl (C=O) groups is 1. The van der Waals surface area contributed by atoms with Crippen LogP contribution in [-0.4, -0.2) is 30.4 Å². The molecule has 5 rings (SSSR count). The van der Waals surface area contributed by atoms with E-state index in [2.05, 4.69) is 25.3 Å². The fourth-order valence-electron chi connectivity index (χ4n) is 3.13. The number of carbonyl (C=O) groups excluding carboxylic acids is 1. The predicted octanol–water partition coefficient (Wildman–Crippen LogP) is 6.36. The van der Waals surface area contributed by atoms with Crippen molar-refractivity contribution in [3.05, 3.63) is 108 Å². The maximum Gasteiger partial charge on any atom is 0.416 e. The first-order valence-electron chi connectivity index (χ1n) is 17.7. The Morgan fingerprint density at radius 3 is 2.72 bits per heavy atom. The van der Waals surface area contributed by atoms with Crippen molar-refractivity contribution in [3.8, 4) is 16.9 Å². The Balaban J connectivity index is 1.71. The first-order chi connectivity index (χ1) is 24.5. The Labute approximate surface area is 241 Å². The molecule has 196 valence electrons. The van der Waals surface area contributed by atoms with Crippen LogP contribution in [-0.2, 0) is 6.18 Å². The average Bonchev–Trinajstić information content (AvgIpc) is 3.35. The van der Waals surface area contributed by atoms with E-state index in [1.165, 1.54) is 24.7 Å². The van der Waals surface area contributed by atoms with Crippen molar-refractivity contribution in [1.82, 2.24) is 24.5 Å². The number of hydrogen-bond donors (Lipinski definition) is 2. The highest BCUT2D eigenvalue weighted by Gasteiger charge is 2.31. The minimum atomic E-state index is -5.54. The molecule has 5 aromatic rings. The molecule has 1 amide bonds.